The highest BCUT2D eigenvalue weighted by Crippen LogP contribution is 2.13. The van der Waals surface area contributed by atoms with Gasteiger partial charge in [0, 0.05) is 24.7 Å². The Morgan fingerprint density at radius 2 is 1.43 bits per heavy atom. The zero-order chi connectivity index (χ0) is 17.2. The molecular weight excluding hydrogens is 332 g/mol. The maximum atomic E-state index is 11.6. The summed E-state index contributed by atoms with van der Waals surface area (Å²) in [6.45, 7) is 3.41. The van der Waals surface area contributed by atoms with Gasteiger partial charge < -0.3 is 21.3 Å². The lowest BCUT2D eigenvalue weighted by atomic mass is 10.2. The van der Waals surface area contributed by atoms with Crippen LogP contribution in [0.25, 0.3) is 0 Å². The molecule has 6 nitrogen and oxygen atoms in total. The van der Waals surface area contributed by atoms with Crippen LogP contribution in [0.5, 0.6) is 0 Å². The minimum Gasteiger partial charge on any atom is -0.332 e. The van der Waals surface area contributed by atoms with Gasteiger partial charge in [0.2, 0.25) is 11.8 Å². The lowest BCUT2D eigenvalue weighted by Gasteiger charge is -2.11. The van der Waals surface area contributed by atoms with Gasteiger partial charge in [0.15, 0.2) is 10.2 Å². The number of hydrogen-bond acceptors (Lipinski definition) is 4. The van der Waals surface area contributed by atoms with E-state index >= 15 is 0 Å². The lowest BCUT2D eigenvalue weighted by molar-refractivity contribution is -0.120. The van der Waals surface area contributed by atoms with E-state index in [-0.39, 0.29) is 22.0 Å². The van der Waals surface area contributed by atoms with Crippen LogP contribution in [0, 0.1) is 0 Å². The van der Waals surface area contributed by atoms with Gasteiger partial charge in [-0.25, -0.2) is 0 Å². The van der Waals surface area contributed by atoms with Crippen molar-refractivity contribution in [2.24, 2.45) is 0 Å². The molecule has 1 aromatic carbocycles. The SMILES string of the molecule is CCCCC(=O)NC(=S)Nc1ccc(NC(=S)NC(C)=O)cc1. The molecule has 23 heavy (non-hydrogen) atoms. The molecule has 0 unspecified atom stereocenters. The smallest absolute Gasteiger partial charge is 0.226 e. The Kier molecular flexibility index (Phi) is 8.14. The van der Waals surface area contributed by atoms with Crippen molar-refractivity contribution in [2.45, 2.75) is 33.1 Å². The van der Waals surface area contributed by atoms with Crippen molar-refractivity contribution < 1.29 is 9.59 Å². The summed E-state index contributed by atoms with van der Waals surface area (Å²) in [5, 5.41) is 11.4. The molecule has 0 spiro atoms. The highest BCUT2D eigenvalue weighted by molar-refractivity contribution is 7.80. The first kappa shape index (κ1) is 19.0. The molecule has 0 saturated carbocycles. The van der Waals surface area contributed by atoms with Crippen molar-refractivity contribution >= 4 is 57.8 Å². The lowest BCUT2D eigenvalue weighted by Crippen LogP contribution is -2.34. The van der Waals surface area contributed by atoms with E-state index in [1.807, 2.05) is 6.92 Å². The molecule has 1 rings (SSSR count). The molecule has 0 saturated heterocycles. The second kappa shape index (κ2) is 9.86. The van der Waals surface area contributed by atoms with Crippen LogP contribution in [0.3, 0.4) is 0 Å². The number of rotatable bonds is 5. The topological polar surface area (TPSA) is 82.3 Å². The minimum absolute atomic E-state index is 0.0942. The maximum Gasteiger partial charge on any atom is 0.226 e. The Morgan fingerprint density at radius 1 is 0.957 bits per heavy atom. The highest BCUT2D eigenvalue weighted by Gasteiger charge is 2.05. The van der Waals surface area contributed by atoms with Gasteiger partial charge in [-0.3, -0.25) is 9.59 Å². The number of anilines is 2. The third-order valence-corrected chi connectivity index (χ3v) is 3.11. The largest absolute Gasteiger partial charge is 0.332 e. The number of thiocarbonyl (C=S) groups is 2. The molecule has 1 aromatic rings. The predicted octanol–water partition coefficient (Wildman–Crippen LogP) is 2.52. The predicted molar refractivity (Wildman–Crippen MR) is 100 cm³/mol. The average Bonchev–Trinajstić information content (AvgIpc) is 2.46. The minimum atomic E-state index is -0.232. The number of carbonyl (C=O) groups is 2. The van der Waals surface area contributed by atoms with Crippen molar-refractivity contribution in [3.05, 3.63) is 24.3 Å². The van der Waals surface area contributed by atoms with Crippen LogP contribution < -0.4 is 21.3 Å². The maximum absolute atomic E-state index is 11.6. The molecule has 0 fully saturated rings. The van der Waals surface area contributed by atoms with E-state index in [9.17, 15) is 9.59 Å². The van der Waals surface area contributed by atoms with Crippen LogP contribution in [-0.2, 0) is 9.59 Å². The van der Waals surface area contributed by atoms with E-state index in [0.29, 0.717) is 6.42 Å². The van der Waals surface area contributed by atoms with Gasteiger partial charge in [0.1, 0.15) is 0 Å². The summed E-state index contributed by atoms with van der Waals surface area (Å²) in [5.41, 5.74) is 1.47. The van der Waals surface area contributed by atoms with E-state index in [0.717, 1.165) is 24.2 Å². The molecule has 4 N–H and O–H groups in total. The fraction of sp³-hybridized carbons (Fsp3) is 0.333. The number of hydrogen-bond donors (Lipinski definition) is 4. The molecule has 0 radical (unpaired) electrons. The van der Waals surface area contributed by atoms with Gasteiger partial charge >= 0.3 is 0 Å². The Labute approximate surface area is 146 Å². The first-order valence-corrected chi connectivity index (χ1v) is 8.02. The molecule has 0 aromatic heterocycles. The van der Waals surface area contributed by atoms with Gasteiger partial charge in [-0.2, -0.15) is 0 Å². The fourth-order valence-electron chi connectivity index (χ4n) is 1.65. The standard InChI is InChI=1S/C15H20N4O2S2/c1-3-4-5-13(21)19-15(23)18-12-8-6-11(7-9-12)17-14(22)16-10(2)20/h6-9H,3-5H2,1-2H3,(H2,16,17,20,22)(H2,18,19,21,23). The van der Waals surface area contributed by atoms with E-state index in [1.165, 1.54) is 6.92 Å². The van der Waals surface area contributed by atoms with Crippen molar-refractivity contribution in [3.63, 3.8) is 0 Å². The molecule has 124 valence electrons. The fourth-order valence-corrected chi connectivity index (χ4v) is 2.14. The molecule has 0 heterocycles. The van der Waals surface area contributed by atoms with Gasteiger partial charge in [-0.05, 0) is 55.1 Å². The van der Waals surface area contributed by atoms with Crippen LogP contribution in [0.2, 0.25) is 0 Å². The highest BCUT2D eigenvalue weighted by atomic mass is 32.1. The van der Waals surface area contributed by atoms with Gasteiger partial charge in [-0.1, -0.05) is 13.3 Å². The molecular formula is C15H20N4O2S2. The van der Waals surface area contributed by atoms with E-state index in [2.05, 4.69) is 21.3 Å². The first-order chi connectivity index (χ1) is 10.9. The molecule has 0 bridgehead atoms. The number of nitrogens with one attached hydrogen (secondary N) is 4. The monoisotopic (exact) mass is 352 g/mol. The third-order valence-electron chi connectivity index (χ3n) is 2.70. The summed E-state index contributed by atoms with van der Waals surface area (Å²) in [5.74, 6) is -0.326. The zero-order valence-electron chi connectivity index (χ0n) is 13.1. The van der Waals surface area contributed by atoms with Gasteiger partial charge in [0.05, 0.1) is 0 Å². The summed E-state index contributed by atoms with van der Waals surface area (Å²) in [6.07, 6.45) is 2.26. The summed E-state index contributed by atoms with van der Waals surface area (Å²) in [4.78, 5) is 22.4. The van der Waals surface area contributed by atoms with Crippen LogP contribution in [0.15, 0.2) is 24.3 Å². The second-order valence-corrected chi connectivity index (χ2v) is 5.64. The van der Waals surface area contributed by atoms with Crippen LogP contribution >= 0.6 is 24.4 Å². The average molecular weight is 352 g/mol. The van der Waals surface area contributed by atoms with Crippen molar-refractivity contribution in [1.29, 1.82) is 0 Å². The van der Waals surface area contributed by atoms with Crippen LogP contribution in [-0.4, -0.2) is 22.0 Å². The molecule has 0 aliphatic heterocycles. The normalized spacial score (nSPS) is 9.65. The summed E-state index contributed by atoms with van der Waals surface area (Å²) < 4.78 is 0. The molecule has 2 amide bonds. The Bertz CT molecular complexity index is 588. The Balaban J connectivity index is 2.47. The molecule has 0 atom stereocenters. The zero-order valence-corrected chi connectivity index (χ0v) is 14.7. The van der Waals surface area contributed by atoms with E-state index in [4.69, 9.17) is 24.4 Å². The summed E-state index contributed by atoms with van der Waals surface area (Å²) >= 11 is 10.1. The molecule has 0 aliphatic carbocycles. The second-order valence-electron chi connectivity index (χ2n) is 4.82. The van der Waals surface area contributed by atoms with Crippen LogP contribution in [0.1, 0.15) is 33.1 Å². The number of amides is 2. The van der Waals surface area contributed by atoms with Crippen molar-refractivity contribution in [1.82, 2.24) is 10.6 Å². The molecule has 8 heteroatoms. The quantitative estimate of drug-likeness (QED) is 0.610. The first-order valence-electron chi connectivity index (χ1n) is 7.20. The third kappa shape index (κ3) is 8.22. The van der Waals surface area contributed by atoms with Crippen LogP contribution in [0.4, 0.5) is 11.4 Å². The van der Waals surface area contributed by atoms with E-state index < -0.39 is 0 Å². The van der Waals surface area contributed by atoms with Crippen molar-refractivity contribution in [3.8, 4) is 0 Å². The van der Waals surface area contributed by atoms with Gasteiger partial charge in [-0.15, -0.1) is 0 Å². The summed E-state index contributed by atoms with van der Waals surface area (Å²) in [7, 11) is 0. The summed E-state index contributed by atoms with van der Waals surface area (Å²) in [6, 6.07) is 7.11. The Hall–Kier alpha value is -2.06. The van der Waals surface area contributed by atoms with E-state index in [1.54, 1.807) is 24.3 Å². The number of unbranched alkanes of at least 4 members (excludes halogenated alkanes) is 1. The number of carbonyl (C=O) groups excluding carboxylic acids is 2. The van der Waals surface area contributed by atoms with Gasteiger partial charge in [0.25, 0.3) is 0 Å². The van der Waals surface area contributed by atoms with Crippen molar-refractivity contribution in [2.75, 3.05) is 10.6 Å². The molecule has 0 aliphatic rings. The number of benzene rings is 1. The Morgan fingerprint density at radius 3 is 1.87 bits per heavy atom.